The third-order valence-corrected chi connectivity index (χ3v) is 13.3. The molecule has 0 radical (unpaired) electrons. The van der Waals surface area contributed by atoms with E-state index in [1.807, 2.05) is 48.5 Å². The molecular weight excluding hydrogens is 948 g/mol. The number of halogens is 3. The summed E-state index contributed by atoms with van der Waals surface area (Å²) >= 11 is 11.1. The van der Waals surface area contributed by atoms with Gasteiger partial charge in [0.2, 0.25) is 0 Å². The number of hydrogen-bond acceptors (Lipinski definition) is 6. The molecule has 0 bridgehead atoms. The largest absolute Gasteiger partial charge is 0.340 e. The molecule has 0 aliphatic heterocycles. The Hall–Kier alpha value is -6.26. The lowest BCUT2D eigenvalue weighted by molar-refractivity contribution is 1.03. The Morgan fingerprint density at radius 3 is 1.72 bits per heavy atom. The highest BCUT2D eigenvalue weighted by atomic mass is 79.9. The second-order valence-electron chi connectivity index (χ2n) is 14.7. The molecule has 12 rings (SSSR count). The molecule has 0 unspecified atom stereocenters. The fourth-order valence-electron chi connectivity index (χ4n) is 8.36. The first-order chi connectivity index (χ1) is 30.0. The fraction of sp³-hybridized carbons (Fsp3) is 0.0385. The third kappa shape index (κ3) is 7.58. The van der Waals surface area contributed by atoms with E-state index in [1.165, 1.54) is 79.9 Å². The van der Waals surface area contributed by atoms with Gasteiger partial charge in [0, 0.05) is 42.6 Å². The average molecular weight is 984 g/mol. The monoisotopic (exact) mass is 980 g/mol. The molecule has 0 atom stereocenters. The molecule has 0 fully saturated rings. The van der Waals surface area contributed by atoms with Crippen LogP contribution in [0.5, 0.6) is 0 Å². The molecule has 0 saturated heterocycles. The van der Waals surface area contributed by atoms with Crippen molar-refractivity contribution in [2.75, 3.05) is 10.2 Å². The van der Waals surface area contributed by atoms with Crippen molar-refractivity contribution in [3.8, 4) is 0 Å². The summed E-state index contributed by atoms with van der Waals surface area (Å²) in [6.07, 6.45) is 8.85. The first-order valence-electron chi connectivity index (χ1n) is 19.9. The Morgan fingerprint density at radius 2 is 1.05 bits per heavy atom. The average Bonchev–Trinajstić information content (AvgIpc) is 3.31. The van der Waals surface area contributed by atoms with E-state index in [4.69, 9.17) is 0 Å². The van der Waals surface area contributed by atoms with Gasteiger partial charge in [-0.3, -0.25) is 4.90 Å². The summed E-state index contributed by atoms with van der Waals surface area (Å²) in [5.41, 5.74) is 4.67. The summed E-state index contributed by atoms with van der Waals surface area (Å²) < 4.78 is 3.63. The minimum atomic E-state index is 0.807. The highest BCUT2D eigenvalue weighted by Crippen LogP contribution is 2.44. The molecule has 61 heavy (non-hydrogen) atoms. The maximum absolute atomic E-state index is 4.56. The van der Waals surface area contributed by atoms with Gasteiger partial charge in [0.1, 0.15) is 24.3 Å². The molecule has 11 aromatic rings. The van der Waals surface area contributed by atoms with E-state index >= 15 is 0 Å². The van der Waals surface area contributed by atoms with Gasteiger partial charge >= 0.3 is 0 Å². The SMILES string of the molecule is BrC1=c2ccc3ccc(Br)c4ccc(c2c34)CC1.Brc1ccc2ccc3c(N(c4ccccc4)c4ccncn4)ccc4ccc1c2c43.c1ccc(Nc2ccncn2)cc1. The highest BCUT2D eigenvalue weighted by Gasteiger charge is 2.19. The van der Waals surface area contributed by atoms with Crippen molar-refractivity contribution in [2.24, 2.45) is 0 Å². The van der Waals surface area contributed by atoms with Gasteiger partial charge in [-0.2, -0.15) is 0 Å². The van der Waals surface area contributed by atoms with Crippen LogP contribution >= 0.6 is 47.8 Å². The van der Waals surface area contributed by atoms with Crippen molar-refractivity contribution in [1.29, 1.82) is 0 Å². The van der Waals surface area contributed by atoms with Gasteiger partial charge in [0.15, 0.2) is 0 Å². The summed E-state index contributed by atoms with van der Waals surface area (Å²) in [4.78, 5) is 18.8. The molecule has 6 nitrogen and oxygen atoms in total. The zero-order valence-corrected chi connectivity index (χ0v) is 37.4. The van der Waals surface area contributed by atoms with Gasteiger partial charge in [-0.15, -0.1) is 0 Å². The zero-order valence-electron chi connectivity index (χ0n) is 32.6. The first kappa shape index (κ1) is 38.9. The smallest absolute Gasteiger partial charge is 0.140 e. The van der Waals surface area contributed by atoms with Crippen molar-refractivity contribution in [3.05, 3.63) is 203 Å². The third-order valence-electron chi connectivity index (χ3n) is 11.1. The Kier molecular flexibility index (Phi) is 10.9. The minimum absolute atomic E-state index is 0.807. The van der Waals surface area contributed by atoms with Crippen LogP contribution in [0.1, 0.15) is 12.0 Å². The summed E-state index contributed by atoms with van der Waals surface area (Å²) in [5, 5.41) is 17.5. The van der Waals surface area contributed by atoms with Crippen molar-refractivity contribution < 1.29 is 0 Å². The number of para-hydroxylation sites is 2. The van der Waals surface area contributed by atoms with E-state index in [0.717, 1.165) is 46.0 Å². The van der Waals surface area contributed by atoms with Gasteiger partial charge < -0.3 is 5.32 Å². The van der Waals surface area contributed by atoms with E-state index < -0.39 is 0 Å². The van der Waals surface area contributed by atoms with E-state index in [-0.39, 0.29) is 0 Å². The summed E-state index contributed by atoms with van der Waals surface area (Å²) in [6.45, 7) is 0. The number of aromatic nitrogens is 4. The van der Waals surface area contributed by atoms with Crippen molar-refractivity contribution >= 4 is 135 Å². The molecule has 2 aromatic heterocycles. The Balaban J connectivity index is 0.000000121. The Morgan fingerprint density at radius 1 is 0.475 bits per heavy atom. The lowest BCUT2D eigenvalue weighted by Gasteiger charge is -2.26. The van der Waals surface area contributed by atoms with Gasteiger partial charge in [0.25, 0.3) is 0 Å². The first-order valence-corrected chi connectivity index (χ1v) is 22.3. The normalized spacial score (nSPS) is 12.0. The van der Waals surface area contributed by atoms with Crippen LogP contribution < -0.4 is 15.4 Å². The quantitative estimate of drug-likeness (QED) is 0.173. The van der Waals surface area contributed by atoms with Crippen LogP contribution in [0.4, 0.5) is 28.7 Å². The second kappa shape index (κ2) is 17.0. The number of nitrogens with zero attached hydrogens (tertiary/aromatic N) is 5. The molecule has 0 amide bonds. The number of anilines is 5. The van der Waals surface area contributed by atoms with Gasteiger partial charge in [0.05, 0.1) is 5.69 Å². The van der Waals surface area contributed by atoms with Crippen LogP contribution in [0.25, 0.3) is 58.3 Å². The van der Waals surface area contributed by atoms with Crippen LogP contribution in [-0.4, -0.2) is 19.9 Å². The Labute approximate surface area is 377 Å². The summed E-state index contributed by atoms with van der Waals surface area (Å²) in [5.74, 6) is 1.65. The van der Waals surface area contributed by atoms with Crippen molar-refractivity contribution in [2.45, 2.75) is 12.8 Å². The lowest BCUT2D eigenvalue weighted by atomic mass is 9.90. The van der Waals surface area contributed by atoms with Gasteiger partial charge in [-0.1, -0.05) is 151 Å². The van der Waals surface area contributed by atoms with Crippen LogP contribution in [0, 0.1) is 0 Å². The summed E-state index contributed by atoms with van der Waals surface area (Å²) in [6, 6.07) is 54.9. The van der Waals surface area contributed by atoms with E-state index in [0.29, 0.717) is 0 Å². The second-order valence-corrected chi connectivity index (χ2v) is 17.4. The number of rotatable bonds is 5. The van der Waals surface area contributed by atoms with Crippen molar-refractivity contribution in [3.63, 3.8) is 0 Å². The number of hydrogen-bond donors (Lipinski definition) is 1. The number of nitrogens with one attached hydrogen (secondary N) is 1. The molecule has 1 N–H and O–H groups in total. The topological polar surface area (TPSA) is 66.8 Å². The molecule has 0 saturated carbocycles. The Bertz CT molecular complexity index is 3290. The highest BCUT2D eigenvalue weighted by molar-refractivity contribution is 9.14. The van der Waals surface area contributed by atoms with E-state index in [2.05, 4.69) is 187 Å². The predicted octanol–water partition coefficient (Wildman–Crippen LogP) is 14.8. The van der Waals surface area contributed by atoms with Crippen LogP contribution in [0.15, 0.2) is 192 Å². The van der Waals surface area contributed by atoms with Gasteiger partial charge in [-0.25, -0.2) is 19.9 Å². The molecule has 9 heteroatoms. The number of aryl methyl sites for hydroxylation is 1. The maximum atomic E-state index is 4.56. The molecule has 1 aliphatic carbocycles. The molecule has 2 heterocycles. The maximum Gasteiger partial charge on any atom is 0.140 e. The van der Waals surface area contributed by atoms with Crippen LogP contribution in [0.3, 0.4) is 0 Å². The molecule has 0 spiro atoms. The molecule has 1 aliphatic rings. The van der Waals surface area contributed by atoms with Crippen LogP contribution in [0.2, 0.25) is 0 Å². The molecular formula is C52H35Br3N6. The minimum Gasteiger partial charge on any atom is -0.340 e. The van der Waals surface area contributed by atoms with Crippen LogP contribution in [-0.2, 0) is 6.42 Å². The van der Waals surface area contributed by atoms with Crippen molar-refractivity contribution in [1.82, 2.24) is 19.9 Å². The van der Waals surface area contributed by atoms with Gasteiger partial charge in [-0.05, 0) is 127 Å². The molecule has 9 aromatic carbocycles. The number of benzene rings is 9. The predicted molar refractivity (Wildman–Crippen MR) is 265 cm³/mol. The van der Waals surface area contributed by atoms with E-state index in [1.54, 1.807) is 18.7 Å². The lowest BCUT2D eigenvalue weighted by Crippen LogP contribution is -2.12. The standard InChI is InChI=1S/C26H16BrN3.C16H10Br2.C10H9N3/c27-22-12-8-17-7-11-21-23(13-9-18-6-10-20(22)25(17)26(18)21)30(19-4-2-1-3-5-19)24-14-15-28-16-29-24;17-13-8-4-10-2-6-12-14(18)7-3-9-1-5-11(13)16(10)15(9)12;1-2-4-9(5-3-1)13-10-6-7-11-8-12-10/h1-16H;1-3,5-7H,4,8H2;1-8H,(H,11,12,13). The fourth-order valence-corrected chi connectivity index (χ4v) is 9.82. The van der Waals surface area contributed by atoms with E-state index in [9.17, 15) is 0 Å². The summed E-state index contributed by atoms with van der Waals surface area (Å²) in [7, 11) is 0. The molecule has 294 valence electrons. The zero-order chi connectivity index (χ0) is 41.3.